The van der Waals surface area contributed by atoms with Crippen LogP contribution in [0.25, 0.3) is 0 Å². The molecule has 0 bridgehead atoms. The highest BCUT2D eigenvalue weighted by atomic mass is 16.5. The molecule has 0 aromatic carbocycles. The number of aromatic nitrogens is 1. The minimum atomic E-state index is -0.461. The number of ether oxygens (including phenoxy) is 1. The molecule has 0 unspecified atom stereocenters. The molecule has 1 aromatic rings. The topological polar surface area (TPSA) is 79.5 Å². The summed E-state index contributed by atoms with van der Waals surface area (Å²) in [4.78, 5) is 41.4. The molecule has 0 saturated heterocycles. The third-order valence-corrected chi connectivity index (χ3v) is 4.36. The molecule has 132 valence electrons. The first kappa shape index (κ1) is 18.2. The predicted octanol–water partition coefficient (Wildman–Crippen LogP) is 2.64. The van der Waals surface area contributed by atoms with E-state index in [1.807, 2.05) is 0 Å². The SMILES string of the molecule is CCOC(=O)c1[nH]c(C)c(C(=O)CN(CC2CC2)C(=O)CC)c1C. The molecule has 1 fully saturated rings. The largest absolute Gasteiger partial charge is 0.461 e. The maximum Gasteiger partial charge on any atom is 0.355 e. The highest BCUT2D eigenvalue weighted by Crippen LogP contribution is 2.30. The van der Waals surface area contributed by atoms with E-state index in [0.717, 1.165) is 12.8 Å². The van der Waals surface area contributed by atoms with Gasteiger partial charge in [0, 0.05) is 24.2 Å². The van der Waals surface area contributed by atoms with Gasteiger partial charge in [-0.2, -0.15) is 0 Å². The third-order valence-electron chi connectivity index (χ3n) is 4.36. The zero-order chi connectivity index (χ0) is 17.9. The molecule has 1 amide bonds. The lowest BCUT2D eigenvalue weighted by Crippen LogP contribution is -2.37. The predicted molar refractivity (Wildman–Crippen MR) is 90.1 cm³/mol. The van der Waals surface area contributed by atoms with Gasteiger partial charge in [-0.15, -0.1) is 0 Å². The van der Waals surface area contributed by atoms with Gasteiger partial charge in [-0.3, -0.25) is 9.59 Å². The number of ketones is 1. The minimum absolute atomic E-state index is 0.00768. The van der Waals surface area contributed by atoms with Crippen molar-refractivity contribution in [3.63, 3.8) is 0 Å². The van der Waals surface area contributed by atoms with Crippen LogP contribution in [0.15, 0.2) is 0 Å². The standard InChI is InChI=1S/C18H26N2O4/c1-5-15(22)20(9-13-7-8-13)10-14(21)16-11(3)17(19-12(16)4)18(23)24-6-2/h13,19H,5-10H2,1-4H3. The van der Waals surface area contributed by atoms with Gasteiger partial charge < -0.3 is 14.6 Å². The number of carbonyl (C=O) groups is 3. The van der Waals surface area contributed by atoms with Gasteiger partial charge in [-0.25, -0.2) is 4.79 Å². The molecule has 1 N–H and O–H groups in total. The van der Waals surface area contributed by atoms with Gasteiger partial charge in [-0.05, 0) is 45.1 Å². The minimum Gasteiger partial charge on any atom is -0.461 e. The lowest BCUT2D eigenvalue weighted by Gasteiger charge is -2.21. The Morgan fingerprint density at radius 2 is 1.88 bits per heavy atom. The molecule has 1 saturated carbocycles. The van der Waals surface area contributed by atoms with Gasteiger partial charge in [0.2, 0.25) is 5.91 Å². The maximum absolute atomic E-state index is 12.7. The summed E-state index contributed by atoms with van der Waals surface area (Å²) < 4.78 is 5.01. The monoisotopic (exact) mass is 334 g/mol. The Morgan fingerprint density at radius 3 is 2.42 bits per heavy atom. The van der Waals surface area contributed by atoms with Gasteiger partial charge >= 0.3 is 5.97 Å². The van der Waals surface area contributed by atoms with E-state index in [-0.39, 0.29) is 24.8 Å². The van der Waals surface area contributed by atoms with Crippen LogP contribution >= 0.6 is 0 Å². The zero-order valence-electron chi connectivity index (χ0n) is 14.9. The number of hydrogen-bond acceptors (Lipinski definition) is 4. The van der Waals surface area contributed by atoms with Crippen LogP contribution in [-0.4, -0.2) is 47.2 Å². The van der Waals surface area contributed by atoms with Crippen molar-refractivity contribution in [3.8, 4) is 0 Å². The number of hydrogen-bond donors (Lipinski definition) is 1. The van der Waals surface area contributed by atoms with Crippen molar-refractivity contribution < 1.29 is 19.1 Å². The van der Waals surface area contributed by atoms with Crippen LogP contribution in [0.5, 0.6) is 0 Å². The Bertz CT molecular complexity index is 644. The number of nitrogens with zero attached hydrogens (tertiary/aromatic N) is 1. The molecule has 0 aliphatic heterocycles. The number of amides is 1. The van der Waals surface area contributed by atoms with Crippen LogP contribution < -0.4 is 0 Å². The van der Waals surface area contributed by atoms with E-state index < -0.39 is 5.97 Å². The fraction of sp³-hybridized carbons (Fsp3) is 0.611. The maximum atomic E-state index is 12.7. The van der Waals surface area contributed by atoms with Crippen LogP contribution in [0, 0.1) is 19.8 Å². The van der Waals surface area contributed by atoms with Crippen molar-refractivity contribution in [1.82, 2.24) is 9.88 Å². The quantitative estimate of drug-likeness (QED) is 0.585. The van der Waals surface area contributed by atoms with Crippen molar-refractivity contribution in [2.45, 2.75) is 47.0 Å². The van der Waals surface area contributed by atoms with E-state index in [0.29, 0.717) is 41.4 Å². The van der Waals surface area contributed by atoms with E-state index >= 15 is 0 Å². The first-order valence-electron chi connectivity index (χ1n) is 8.56. The van der Waals surface area contributed by atoms with Gasteiger partial charge in [0.1, 0.15) is 5.69 Å². The summed E-state index contributed by atoms with van der Waals surface area (Å²) in [6.07, 6.45) is 2.63. The van der Waals surface area contributed by atoms with Crippen molar-refractivity contribution in [1.29, 1.82) is 0 Å². The van der Waals surface area contributed by atoms with Crippen LogP contribution in [0.3, 0.4) is 0 Å². The molecular formula is C18H26N2O4. The molecule has 0 radical (unpaired) electrons. The molecule has 0 atom stereocenters. The Balaban J connectivity index is 2.18. The number of H-pyrrole nitrogens is 1. The normalized spacial score (nSPS) is 13.7. The number of aromatic amines is 1. The van der Waals surface area contributed by atoms with Crippen molar-refractivity contribution in [2.24, 2.45) is 5.92 Å². The van der Waals surface area contributed by atoms with Crippen LogP contribution in [-0.2, 0) is 9.53 Å². The summed E-state index contributed by atoms with van der Waals surface area (Å²) in [7, 11) is 0. The van der Waals surface area contributed by atoms with Gasteiger partial charge in [-0.1, -0.05) is 6.92 Å². The second-order valence-electron chi connectivity index (χ2n) is 6.34. The molecule has 6 heteroatoms. The molecule has 1 heterocycles. The zero-order valence-corrected chi connectivity index (χ0v) is 14.9. The fourth-order valence-corrected chi connectivity index (χ4v) is 2.92. The first-order valence-corrected chi connectivity index (χ1v) is 8.56. The smallest absolute Gasteiger partial charge is 0.355 e. The molecule has 24 heavy (non-hydrogen) atoms. The van der Waals surface area contributed by atoms with Crippen LogP contribution in [0.2, 0.25) is 0 Å². The highest BCUT2D eigenvalue weighted by Gasteiger charge is 2.29. The van der Waals surface area contributed by atoms with E-state index in [1.165, 1.54) is 0 Å². The molecule has 2 rings (SSSR count). The lowest BCUT2D eigenvalue weighted by molar-refractivity contribution is -0.130. The summed E-state index contributed by atoms with van der Waals surface area (Å²) in [5.41, 5.74) is 2.03. The summed E-state index contributed by atoms with van der Waals surface area (Å²) in [5.74, 6) is -0.0839. The average molecular weight is 334 g/mol. The van der Waals surface area contributed by atoms with Crippen LogP contribution in [0.4, 0.5) is 0 Å². The number of Topliss-reactive ketones (excluding diaryl/α,β-unsaturated/α-hetero) is 1. The third kappa shape index (κ3) is 4.04. The van der Waals surface area contributed by atoms with Crippen molar-refractivity contribution in [3.05, 3.63) is 22.5 Å². The second-order valence-corrected chi connectivity index (χ2v) is 6.34. The van der Waals surface area contributed by atoms with E-state index in [2.05, 4.69) is 4.98 Å². The summed E-state index contributed by atoms with van der Waals surface area (Å²) in [6.45, 7) is 8.02. The Hall–Kier alpha value is -2.11. The number of esters is 1. The molecule has 0 spiro atoms. The number of rotatable bonds is 8. The lowest BCUT2D eigenvalue weighted by atomic mass is 10.0. The van der Waals surface area contributed by atoms with Gasteiger partial charge in [0.05, 0.1) is 13.2 Å². The summed E-state index contributed by atoms with van der Waals surface area (Å²) >= 11 is 0. The van der Waals surface area contributed by atoms with Gasteiger partial charge in [0.25, 0.3) is 0 Å². The fourth-order valence-electron chi connectivity index (χ4n) is 2.92. The van der Waals surface area contributed by atoms with E-state index in [9.17, 15) is 14.4 Å². The van der Waals surface area contributed by atoms with Crippen LogP contribution in [0.1, 0.15) is 65.2 Å². The molecule has 1 aliphatic rings. The first-order chi connectivity index (χ1) is 11.4. The van der Waals surface area contributed by atoms with E-state index in [1.54, 1.807) is 32.6 Å². The van der Waals surface area contributed by atoms with Crippen molar-refractivity contribution in [2.75, 3.05) is 19.7 Å². The number of aryl methyl sites for hydroxylation is 1. The van der Waals surface area contributed by atoms with E-state index in [4.69, 9.17) is 4.74 Å². The summed E-state index contributed by atoms with van der Waals surface area (Å²) in [5, 5.41) is 0. The summed E-state index contributed by atoms with van der Waals surface area (Å²) in [6, 6.07) is 0. The second kappa shape index (κ2) is 7.64. The molecule has 6 nitrogen and oxygen atoms in total. The Morgan fingerprint density at radius 1 is 1.21 bits per heavy atom. The highest BCUT2D eigenvalue weighted by molar-refractivity contribution is 6.04. The average Bonchev–Trinajstić information content (AvgIpc) is 3.30. The van der Waals surface area contributed by atoms with Crippen molar-refractivity contribution >= 4 is 17.7 Å². The Kier molecular flexibility index (Phi) is 5.80. The number of nitrogens with one attached hydrogen (secondary N) is 1. The molecule has 1 aromatic heterocycles. The number of carbonyl (C=O) groups excluding carboxylic acids is 3. The molecule has 1 aliphatic carbocycles. The molecular weight excluding hydrogens is 308 g/mol. The Labute approximate surface area is 142 Å². The van der Waals surface area contributed by atoms with Gasteiger partial charge in [0.15, 0.2) is 5.78 Å².